The quantitative estimate of drug-likeness (QED) is 0.827. The summed E-state index contributed by atoms with van der Waals surface area (Å²) in [5, 5.41) is 2.96. The molecule has 1 rings (SSSR count). The lowest BCUT2D eigenvalue weighted by Crippen LogP contribution is -2.32. The summed E-state index contributed by atoms with van der Waals surface area (Å²) in [5.41, 5.74) is 0. The predicted molar refractivity (Wildman–Crippen MR) is 75.5 cm³/mol. The van der Waals surface area contributed by atoms with Gasteiger partial charge in [0, 0.05) is 6.04 Å². The van der Waals surface area contributed by atoms with E-state index in [4.69, 9.17) is 0 Å². The Balaban J connectivity index is 2.69. The first-order valence-corrected chi connectivity index (χ1v) is 8.05. The highest BCUT2D eigenvalue weighted by atomic mass is 32.2. The van der Waals surface area contributed by atoms with Crippen LogP contribution in [0.4, 0.5) is 0 Å². The van der Waals surface area contributed by atoms with E-state index in [-0.39, 0.29) is 11.3 Å². The number of hydrogen-bond acceptors (Lipinski definition) is 3. The third-order valence-electron chi connectivity index (χ3n) is 3.03. The highest BCUT2D eigenvalue weighted by molar-refractivity contribution is 7.92. The molecule has 4 heteroatoms. The zero-order chi connectivity index (χ0) is 13.6. The molecule has 0 heterocycles. The summed E-state index contributed by atoms with van der Waals surface area (Å²) in [5.74, 6) is 0. The van der Waals surface area contributed by atoms with E-state index in [9.17, 15) is 8.42 Å². The number of benzene rings is 1. The van der Waals surface area contributed by atoms with Gasteiger partial charge in [0.05, 0.1) is 10.1 Å². The minimum atomic E-state index is -3.20. The van der Waals surface area contributed by atoms with Gasteiger partial charge in [0.15, 0.2) is 9.84 Å². The van der Waals surface area contributed by atoms with E-state index in [0.717, 1.165) is 13.0 Å². The van der Waals surface area contributed by atoms with Gasteiger partial charge in [-0.3, -0.25) is 0 Å². The van der Waals surface area contributed by atoms with Crippen molar-refractivity contribution in [2.75, 3.05) is 6.54 Å². The Bertz CT molecular complexity index is 442. The summed E-state index contributed by atoms with van der Waals surface area (Å²) in [6, 6.07) is 8.90. The molecule has 1 N–H and O–H groups in total. The maximum Gasteiger partial charge on any atom is 0.181 e. The van der Waals surface area contributed by atoms with E-state index in [1.54, 1.807) is 31.2 Å². The lowest BCUT2D eigenvalue weighted by molar-refractivity contribution is 0.497. The van der Waals surface area contributed by atoms with Crippen molar-refractivity contribution in [2.45, 2.75) is 49.8 Å². The van der Waals surface area contributed by atoms with E-state index >= 15 is 0 Å². The monoisotopic (exact) mass is 269 g/mol. The van der Waals surface area contributed by atoms with Crippen molar-refractivity contribution in [3.05, 3.63) is 30.3 Å². The van der Waals surface area contributed by atoms with Crippen LogP contribution < -0.4 is 5.32 Å². The molecular formula is C14H23NO2S. The van der Waals surface area contributed by atoms with Gasteiger partial charge in [-0.05, 0) is 45.4 Å². The first kappa shape index (κ1) is 15.2. The summed E-state index contributed by atoms with van der Waals surface area (Å²) in [6.07, 6.45) is 1.70. The lowest BCUT2D eigenvalue weighted by Gasteiger charge is -2.18. The van der Waals surface area contributed by atoms with E-state index in [1.807, 2.05) is 13.0 Å². The third kappa shape index (κ3) is 4.10. The van der Waals surface area contributed by atoms with Gasteiger partial charge in [-0.15, -0.1) is 0 Å². The molecule has 0 radical (unpaired) electrons. The topological polar surface area (TPSA) is 46.2 Å². The van der Waals surface area contributed by atoms with E-state index < -0.39 is 9.84 Å². The fraction of sp³-hybridized carbons (Fsp3) is 0.571. The zero-order valence-electron chi connectivity index (χ0n) is 11.4. The summed E-state index contributed by atoms with van der Waals surface area (Å²) in [6.45, 7) is 6.85. The van der Waals surface area contributed by atoms with E-state index in [2.05, 4.69) is 12.2 Å². The average molecular weight is 269 g/mol. The summed E-state index contributed by atoms with van der Waals surface area (Å²) >= 11 is 0. The molecule has 102 valence electrons. The maximum absolute atomic E-state index is 12.3. The molecule has 1 aromatic carbocycles. The number of rotatable bonds is 7. The van der Waals surface area contributed by atoms with Crippen LogP contribution in [0.2, 0.25) is 0 Å². The van der Waals surface area contributed by atoms with Gasteiger partial charge in [-0.1, -0.05) is 25.1 Å². The second-order valence-electron chi connectivity index (χ2n) is 4.76. The molecule has 0 saturated heterocycles. The summed E-state index contributed by atoms with van der Waals surface area (Å²) < 4.78 is 24.6. The van der Waals surface area contributed by atoms with Gasteiger partial charge in [-0.2, -0.15) is 0 Å². The highest BCUT2D eigenvalue weighted by Gasteiger charge is 2.24. The molecule has 18 heavy (non-hydrogen) atoms. The fourth-order valence-electron chi connectivity index (χ4n) is 1.94. The van der Waals surface area contributed by atoms with Crippen LogP contribution in [0.3, 0.4) is 0 Å². The van der Waals surface area contributed by atoms with Crippen molar-refractivity contribution in [3.8, 4) is 0 Å². The van der Waals surface area contributed by atoms with Gasteiger partial charge in [0.1, 0.15) is 0 Å². The van der Waals surface area contributed by atoms with Crippen LogP contribution in [0.25, 0.3) is 0 Å². The molecule has 0 aliphatic heterocycles. The fourth-order valence-corrected chi connectivity index (χ4v) is 3.48. The van der Waals surface area contributed by atoms with Crippen LogP contribution in [-0.4, -0.2) is 26.3 Å². The van der Waals surface area contributed by atoms with Crippen molar-refractivity contribution in [2.24, 2.45) is 0 Å². The van der Waals surface area contributed by atoms with Crippen molar-refractivity contribution in [1.29, 1.82) is 0 Å². The van der Waals surface area contributed by atoms with Crippen LogP contribution >= 0.6 is 0 Å². The van der Waals surface area contributed by atoms with Crippen LogP contribution in [0.15, 0.2) is 35.2 Å². The maximum atomic E-state index is 12.3. The lowest BCUT2D eigenvalue weighted by atomic mass is 10.2. The Labute approximate surface area is 111 Å². The minimum absolute atomic E-state index is 0.221. The first-order chi connectivity index (χ1) is 8.48. The molecule has 1 aromatic rings. The van der Waals surface area contributed by atoms with Gasteiger partial charge in [0.2, 0.25) is 0 Å². The molecule has 0 aromatic heterocycles. The van der Waals surface area contributed by atoms with Gasteiger partial charge in [-0.25, -0.2) is 8.42 Å². The number of sulfone groups is 1. The highest BCUT2D eigenvalue weighted by Crippen LogP contribution is 2.18. The third-order valence-corrected chi connectivity index (χ3v) is 5.21. The molecule has 3 nitrogen and oxygen atoms in total. The molecule has 0 amide bonds. The number of nitrogens with one attached hydrogen (secondary N) is 1. The largest absolute Gasteiger partial charge is 0.314 e. The predicted octanol–water partition coefficient (Wildman–Crippen LogP) is 2.63. The minimum Gasteiger partial charge on any atom is -0.314 e. The first-order valence-electron chi connectivity index (χ1n) is 6.50. The smallest absolute Gasteiger partial charge is 0.181 e. The Morgan fingerprint density at radius 1 is 1.17 bits per heavy atom. The molecule has 0 aliphatic rings. The SMILES string of the molecule is CCCNC(C)CC(C)S(=O)(=O)c1ccccc1. The Morgan fingerprint density at radius 3 is 2.33 bits per heavy atom. The summed E-state index contributed by atoms with van der Waals surface area (Å²) in [7, 11) is -3.20. The van der Waals surface area contributed by atoms with Gasteiger partial charge in [0.25, 0.3) is 0 Å². The van der Waals surface area contributed by atoms with Crippen molar-refractivity contribution in [1.82, 2.24) is 5.32 Å². The van der Waals surface area contributed by atoms with Crippen molar-refractivity contribution in [3.63, 3.8) is 0 Å². The van der Waals surface area contributed by atoms with E-state index in [0.29, 0.717) is 11.3 Å². The van der Waals surface area contributed by atoms with Crippen LogP contribution in [-0.2, 0) is 9.84 Å². The molecular weight excluding hydrogens is 246 g/mol. The van der Waals surface area contributed by atoms with Crippen molar-refractivity contribution < 1.29 is 8.42 Å². The van der Waals surface area contributed by atoms with Gasteiger partial charge < -0.3 is 5.32 Å². The van der Waals surface area contributed by atoms with Gasteiger partial charge >= 0.3 is 0 Å². The molecule has 0 bridgehead atoms. The molecule has 0 saturated carbocycles. The molecule has 0 fully saturated rings. The second-order valence-corrected chi connectivity index (χ2v) is 7.13. The molecule has 0 aliphatic carbocycles. The van der Waals surface area contributed by atoms with Crippen LogP contribution in [0.1, 0.15) is 33.6 Å². The number of hydrogen-bond donors (Lipinski definition) is 1. The second kappa shape index (κ2) is 6.90. The molecule has 2 unspecified atom stereocenters. The normalized spacial score (nSPS) is 15.3. The zero-order valence-corrected chi connectivity index (χ0v) is 12.2. The standard InChI is InChI=1S/C14H23NO2S/c1-4-10-15-12(2)11-13(3)18(16,17)14-8-6-5-7-9-14/h5-9,12-13,15H,4,10-11H2,1-3H3. The van der Waals surface area contributed by atoms with Crippen molar-refractivity contribution >= 4 is 9.84 Å². The summed E-state index contributed by atoms with van der Waals surface area (Å²) in [4.78, 5) is 0.417. The Hall–Kier alpha value is -0.870. The molecule has 0 spiro atoms. The Kier molecular flexibility index (Phi) is 5.82. The Morgan fingerprint density at radius 2 is 1.78 bits per heavy atom. The average Bonchev–Trinajstić information content (AvgIpc) is 2.37. The van der Waals surface area contributed by atoms with Crippen LogP contribution in [0.5, 0.6) is 0 Å². The molecule has 2 atom stereocenters. The van der Waals surface area contributed by atoms with E-state index in [1.165, 1.54) is 0 Å². The van der Waals surface area contributed by atoms with Crippen LogP contribution in [0, 0.1) is 0 Å².